The van der Waals surface area contributed by atoms with Gasteiger partial charge in [-0.15, -0.1) is 0 Å². The Morgan fingerprint density at radius 3 is 2.39 bits per heavy atom. The third-order valence-electron chi connectivity index (χ3n) is 14.6. The summed E-state index contributed by atoms with van der Waals surface area (Å²) in [6, 6.07) is -1.38. The van der Waals surface area contributed by atoms with Gasteiger partial charge in [-0.25, -0.2) is 4.79 Å². The molecule has 16 atom stereocenters. The Balaban J connectivity index is 1.79. The molecule has 2 bridgehead atoms. The van der Waals surface area contributed by atoms with E-state index >= 15 is 0 Å². The maximum atomic E-state index is 14.7. The SMILES string of the molecule is [2H]C([2H])([2H])O[C@H]1C[C@@H]2CC[C@@H](C)[C@@](O)(O2)C(=O)C(=O)N2CCCC[C@H]2C(=O)O[C@H]([C@H](C)C[C@@H]2CC[C@@H](OP(C)(=O)C([2H])([2H])[2H])[C@H](OC)C2)CC(=O)[C@H](C([2H])([2H])[2H])/C=C(\C)[C@@H](O)[C@@H](OC)C(=C)[C@H](C)C[C@H](C)/C=C/C=CC=C1C. The van der Waals surface area contributed by atoms with Gasteiger partial charge < -0.3 is 43.3 Å². The highest BCUT2D eigenvalue weighted by Gasteiger charge is 2.53. The molecule has 1 aliphatic carbocycles. The topological polar surface area (TPSA) is 184 Å². The number of carbonyl (C=O) groups is 4. The van der Waals surface area contributed by atoms with E-state index in [1.807, 2.05) is 26.0 Å². The Morgan fingerprint density at radius 1 is 0.957 bits per heavy atom. The maximum absolute atomic E-state index is 14.7. The summed E-state index contributed by atoms with van der Waals surface area (Å²) in [5.74, 6) is -10.9. The number of methoxy groups -OCH3 is 3. The van der Waals surface area contributed by atoms with Crippen molar-refractivity contribution < 1.29 is 74.5 Å². The molecule has 3 heterocycles. The smallest absolute Gasteiger partial charge is 0.329 e. The van der Waals surface area contributed by atoms with Gasteiger partial charge in [-0.05, 0) is 118 Å². The van der Waals surface area contributed by atoms with Crippen LogP contribution in [0.4, 0.5) is 0 Å². The molecule has 0 radical (unpaired) electrons. The predicted octanol–water partition coefficient (Wildman–Crippen LogP) is 8.73. The van der Waals surface area contributed by atoms with Crippen LogP contribution in [-0.4, -0.2) is 134 Å². The molecule has 3 fully saturated rings. The van der Waals surface area contributed by atoms with Gasteiger partial charge in [0.15, 0.2) is 7.37 Å². The highest BCUT2D eigenvalue weighted by molar-refractivity contribution is 7.57. The van der Waals surface area contributed by atoms with Crippen LogP contribution < -0.4 is 0 Å². The fourth-order valence-corrected chi connectivity index (χ4v) is 11.0. The van der Waals surface area contributed by atoms with Crippen LogP contribution in [0.2, 0.25) is 0 Å². The van der Waals surface area contributed by atoms with Gasteiger partial charge in [0.05, 0.1) is 28.5 Å². The molecule has 3 aliphatic heterocycles. The van der Waals surface area contributed by atoms with Gasteiger partial charge in [-0.1, -0.05) is 77.6 Å². The maximum Gasteiger partial charge on any atom is 0.329 e. The fourth-order valence-electron chi connectivity index (χ4n) is 10.3. The first kappa shape index (κ1) is 45.8. The van der Waals surface area contributed by atoms with Crippen molar-refractivity contribution in [1.82, 2.24) is 4.90 Å². The number of amides is 1. The van der Waals surface area contributed by atoms with Crippen molar-refractivity contribution in [3.63, 3.8) is 0 Å². The zero-order valence-electron chi connectivity index (χ0n) is 51.2. The highest BCUT2D eigenvalue weighted by atomic mass is 31.2. The average Bonchev–Trinajstić information content (AvgIpc) is 3.35. The van der Waals surface area contributed by atoms with Crippen LogP contribution in [-0.2, 0) is 52.0 Å². The van der Waals surface area contributed by atoms with E-state index in [-0.39, 0.29) is 68.4 Å². The minimum Gasteiger partial charge on any atom is -0.460 e. The van der Waals surface area contributed by atoms with Crippen LogP contribution >= 0.6 is 7.37 Å². The number of Topliss-reactive ketones (excluding diaryl/α,β-unsaturated/α-hetero) is 2. The van der Waals surface area contributed by atoms with E-state index in [1.54, 1.807) is 39.0 Å². The molecule has 1 saturated carbocycles. The van der Waals surface area contributed by atoms with Gasteiger partial charge in [0, 0.05) is 74.0 Å². The minimum absolute atomic E-state index is 0.0162. The van der Waals surface area contributed by atoms with Crippen molar-refractivity contribution in [1.29, 1.82) is 0 Å². The number of carbonyl (C=O) groups excluding carboxylic acids is 4. The van der Waals surface area contributed by atoms with Crippen LogP contribution in [0, 0.1) is 35.5 Å². The summed E-state index contributed by atoms with van der Waals surface area (Å²) in [7, 11) is -4.09. The molecule has 1 unspecified atom stereocenters. The number of aliphatic hydroxyl groups is 2. The standard InChI is InChI=1S/C54H86NO13P/c1-33-19-15-14-16-20-34(2)46(63-9)31-42-24-22-39(7)54(61,67-42)51(58)52(59)55-26-18-17-21-43(55)53(60)66-47(37(5)29-41-23-25-45(48(30-41)64-10)68-69(12,13)62)32-44(56)36(4)28-38(6)49(57)50(65-11)40(8)35(3)27-33/h14-16,19-20,28,33,35-37,39,41-43,45-50,57,61H,8,17-18,21-27,29-32H2,1-7,9-13H3/b16-14?,19-15+,34-20?,38-28+/t33-,35-,36-,37-,39-,41+,42+,43+,45-,46+,47+,48-,49-,50+,54-/m1/s1/i4D3,9D3,12D3/t33-,35-,36-,37-,39-,41+,42+,43+,45-,46+,47+,48-,49-,50+,54-,69?. The first-order chi connectivity index (χ1) is 36.0. The lowest BCUT2D eigenvalue weighted by atomic mass is 9.78. The molecule has 0 aromatic rings. The molecular formula is C54H86NO13P. The summed E-state index contributed by atoms with van der Waals surface area (Å²) in [6.45, 7) is 9.76. The minimum atomic E-state index is -4.07. The van der Waals surface area contributed by atoms with E-state index in [2.05, 4.69) is 6.58 Å². The summed E-state index contributed by atoms with van der Waals surface area (Å²) in [4.78, 5) is 59.2. The monoisotopic (exact) mass is 997 g/mol. The van der Waals surface area contributed by atoms with Crippen molar-refractivity contribution in [2.75, 3.05) is 41.1 Å². The van der Waals surface area contributed by atoms with Gasteiger partial charge in [-0.2, -0.15) is 0 Å². The molecular weight excluding hydrogens is 902 g/mol. The van der Waals surface area contributed by atoms with E-state index < -0.39 is 130 Å². The number of aliphatic hydroxyl groups excluding tert-OH is 1. The molecule has 1 amide bonds. The van der Waals surface area contributed by atoms with Crippen LogP contribution in [0.1, 0.15) is 138 Å². The lowest BCUT2D eigenvalue weighted by molar-refractivity contribution is -0.265. The zero-order chi connectivity index (χ0) is 58.9. The van der Waals surface area contributed by atoms with Gasteiger partial charge >= 0.3 is 5.97 Å². The Bertz CT molecular complexity index is 2270. The lowest BCUT2D eigenvalue weighted by Crippen LogP contribution is -2.61. The molecule has 69 heavy (non-hydrogen) atoms. The van der Waals surface area contributed by atoms with Gasteiger partial charge in [0.2, 0.25) is 5.79 Å². The van der Waals surface area contributed by atoms with Gasteiger partial charge in [-0.3, -0.25) is 18.9 Å². The predicted molar refractivity (Wildman–Crippen MR) is 268 cm³/mol. The third-order valence-corrected chi connectivity index (χ3v) is 15.3. The van der Waals surface area contributed by atoms with Crippen molar-refractivity contribution in [2.24, 2.45) is 35.5 Å². The number of hydrogen-bond donors (Lipinski definition) is 2. The number of hydrogen-bond acceptors (Lipinski definition) is 13. The number of fused-ring (bicyclic) bond motifs is 3. The largest absolute Gasteiger partial charge is 0.460 e. The van der Waals surface area contributed by atoms with Crippen LogP contribution in [0.15, 0.2) is 59.8 Å². The second-order valence-corrected chi connectivity index (χ2v) is 22.2. The number of nitrogens with zero attached hydrogens (tertiary/aromatic N) is 1. The van der Waals surface area contributed by atoms with Crippen LogP contribution in [0.25, 0.3) is 0 Å². The summed E-state index contributed by atoms with van der Waals surface area (Å²) in [5, 5.41) is 23.8. The number of cyclic esters (lactones) is 1. The summed E-state index contributed by atoms with van der Waals surface area (Å²) < 4.78 is 121. The van der Waals surface area contributed by atoms with E-state index in [0.717, 1.165) is 11.6 Å². The Labute approximate surface area is 425 Å². The number of esters is 1. The molecule has 4 rings (SSSR count). The highest BCUT2D eigenvalue weighted by Crippen LogP contribution is 2.45. The van der Waals surface area contributed by atoms with Gasteiger partial charge in [0.25, 0.3) is 11.7 Å². The molecule has 0 spiro atoms. The van der Waals surface area contributed by atoms with Crippen molar-refractivity contribution >= 4 is 30.8 Å². The number of piperidine rings is 1. The van der Waals surface area contributed by atoms with E-state index in [0.29, 0.717) is 43.3 Å². The number of ether oxygens (including phenoxy) is 5. The molecule has 390 valence electrons. The third kappa shape index (κ3) is 16.2. The zero-order valence-corrected chi connectivity index (χ0v) is 43.1. The van der Waals surface area contributed by atoms with Crippen molar-refractivity contribution in [3.05, 3.63) is 59.8 Å². The molecule has 14 nitrogen and oxygen atoms in total. The summed E-state index contributed by atoms with van der Waals surface area (Å²) >= 11 is 0. The van der Waals surface area contributed by atoms with Crippen molar-refractivity contribution in [2.45, 2.75) is 180 Å². The quantitative estimate of drug-likeness (QED) is 0.102. The number of rotatable bonds is 8. The Kier molecular flexibility index (Phi) is 17.6. The van der Waals surface area contributed by atoms with Crippen molar-refractivity contribution in [3.8, 4) is 0 Å². The lowest BCUT2D eigenvalue weighted by Gasteiger charge is -2.42. The molecule has 2 saturated heterocycles. The van der Waals surface area contributed by atoms with Crippen LogP contribution in [0.3, 0.4) is 0 Å². The Hall–Kier alpha value is -3.07. The molecule has 15 heteroatoms. The van der Waals surface area contributed by atoms with Crippen LogP contribution in [0.5, 0.6) is 0 Å². The van der Waals surface area contributed by atoms with Gasteiger partial charge in [0.1, 0.15) is 30.1 Å². The normalized spacial score (nSPS) is 41.0. The first-order valence-corrected chi connectivity index (χ1v) is 26.7. The first-order valence-electron chi connectivity index (χ1n) is 29.1. The molecule has 4 aliphatic rings. The molecule has 0 aromatic heterocycles. The van der Waals surface area contributed by atoms with E-state index in [9.17, 15) is 34.0 Å². The molecule has 0 aromatic carbocycles. The summed E-state index contributed by atoms with van der Waals surface area (Å²) in [6.07, 6.45) is 5.33. The van der Waals surface area contributed by atoms with E-state index in [1.165, 1.54) is 27.2 Å². The fraction of sp³-hybridized carbons (Fsp3) is 0.741. The van der Waals surface area contributed by atoms with E-state index in [4.69, 9.17) is 40.5 Å². The molecule has 2 N–H and O–H groups in total. The summed E-state index contributed by atoms with van der Waals surface area (Å²) in [5.41, 5.74) is 1.15. The number of ketones is 2. The average molecular weight is 997 g/mol. The Morgan fingerprint density at radius 2 is 1.71 bits per heavy atom. The second-order valence-electron chi connectivity index (χ2n) is 20.3. The number of allylic oxidation sites excluding steroid dienone is 6. The second kappa shape index (κ2) is 26.6.